The summed E-state index contributed by atoms with van der Waals surface area (Å²) in [6.45, 7) is 4.74. The SMILES string of the molecule is CC(C)Cc1nc2ncncc2c(=O)n1Cc1ccccc1. The molecule has 2 aromatic heterocycles. The summed E-state index contributed by atoms with van der Waals surface area (Å²) in [6.07, 6.45) is 3.70. The highest BCUT2D eigenvalue weighted by Gasteiger charge is 2.13. The minimum atomic E-state index is -0.0786. The topological polar surface area (TPSA) is 60.7 Å². The molecule has 2 heterocycles. The van der Waals surface area contributed by atoms with E-state index in [-0.39, 0.29) is 5.56 Å². The average molecular weight is 294 g/mol. The van der Waals surface area contributed by atoms with E-state index in [1.807, 2.05) is 30.3 Å². The largest absolute Gasteiger partial charge is 0.291 e. The highest BCUT2D eigenvalue weighted by Crippen LogP contribution is 2.11. The predicted octanol–water partition coefficient (Wildman–Crippen LogP) is 2.43. The van der Waals surface area contributed by atoms with E-state index in [4.69, 9.17) is 0 Å². The van der Waals surface area contributed by atoms with E-state index in [0.717, 1.165) is 17.8 Å². The fraction of sp³-hybridized carbons (Fsp3) is 0.294. The molecule has 112 valence electrons. The molecule has 0 bridgehead atoms. The standard InChI is InChI=1S/C17H18N4O/c1-12(2)8-15-20-16-14(9-18-11-19-16)17(22)21(15)10-13-6-4-3-5-7-13/h3-7,9,11-12H,8,10H2,1-2H3. The number of rotatable bonds is 4. The summed E-state index contributed by atoms with van der Waals surface area (Å²) >= 11 is 0. The quantitative estimate of drug-likeness (QED) is 0.741. The molecule has 0 unspecified atom stereocenters. The van der Waals surface area contributed by atoms with Gasteiger partial charge in [0.1, 0.15) is 17.5 Å². The van der Waals surface area contributed by atoms with Crippen molar-refractivity contribution in [3.05, 3.63) is 64.6 Å². The van der Waals surface area contributed by atoms with Crippen LogP contribution in [0.5, 0.6) is 0 Å². The van der Waals surface area contributed by atoms with Crippen molar-refractivity contribution < 1.29 is 0 Å². The van der Waals surface area contributed by atoms with Gasteiger partial charge in [-0.15, -0.1) is 0 Å². The highest BCUT2D eigenvalue weighted by atomic mass is 16.1. The lowest BCUT2D eigenvalue weighted by Gasteiger charge is -2.14. The van der Waals surface area contributed by atoms with Gasteiger partial charge < -0.3 is 0 Å². The number of hydrogen-bond acceptors (Lipinski definition) is 4. The normalized spacial score (nSPS) is 11.2. The average Bonchev–Trinajstić information content (AvgIpc) is 2.52. The summed E-state index contributed by atoms with van der Waals surface area (Å²) in [7, 11) is 0. The Morgan fingerprint density at radius 3 is 2.68 bits per heavy atom. The van der Waals surface area contributed by atoms with Gasteiger partial charge in [-0.1, -0.05) is 44.2 Å². The maximum absolute atomic E-state index is 12.8. The first-order chi connectivity index (χ1) is 10.6. The second-order valence-corrected chi connectivity index (χ2v) is 5.76. The van der Waals surface area contributed by atoms with Gasteiger partial charge in [0.15, 0.2) is 5.65 Å². The fourth-order valence-electron chi connectivity index (χ4n) is 2.46. The van der Waals surface area contributed by atoms with Crippen LogP contribution < -0.4 is 5.56 Å². The molecular weight excluding hydrogens is 276 g/mol. The van der Waals surface area contributed by atoms with Crippen molar-refractivity contribution in [2.75, 3.05) is 0 Å². The molecule has 0 fully saturated rings. The third-order valence-corrected chi connectivity index (χ3v) is 3.49. The third kappa shape index (κ3) is 2.88. The van der Waals surface area contributed by atoms with Crippen molar-refractivity contribution in [3.63, 3.8) is 0 Å². The second kappa shape index (κ2) is 6.05. The summed E-state index contributed by atoms with van der Waals surface area (Å²) in [5.74, 6) is 1.18. The van der Waals surface area contributed by atoms with Gasteiger partial charge in [0.25, 0.3) is 5.56 Å². The second-order valence-electron chi connectivity index (χ2n) is 5.76. The Hall–Kier alpha value is -2.56. The maximum atomic E-state index is 12.8. The van der Waals surface area contributed by atoms with Gasteiger partial charge in [-0.25, -0.2) is 15.0 Å². The van der Waals surface area contributed by atoms with Crippen LogP contribution in [0.2, 0.25) is 0 Å². The van der Waals surface area contributed by atoms with Crippen molar-refractivity contribution in [1.29, 1.82) is 0 Å². The molecule has 1 aromatic carbocycles. The van der Waals surface area contributed by atoms with Gasteiger partial charge in [0, 0.05) is 12.6 Å². The molecule has 0 atom stereocenters. The van der Waals surface area contributed by atoms with Crippen LogP contribution in [0.3, 0.4) is 0 Å². The van der Waals surface area contributed by atoms with Crippen molar-refractivity contribution in [2.45, 2.75) is 26.8 Å². The van der Waals surface area contributed by atoms with Crippen LogP contribution in [0.4, 0.5) is 0 Å². The molecule has 22 heavy (non-hydrogen) atoms. The van der Waals surface area contributed by atoms with E-state index in [2.05, 4.69) is 28.8 Å². The molecular formula is C17H18N4O. The van der Waals surface area contributed by atoms with Crippen LogP contribution in [0, 0.1) is 5.92 Å². The Morgan fingerprint density at radius 1 is 1.18 bits per heavy atom. The van der Waals surface area contributed by atoms with Crippen LogP contribution in [0.1, 0.15) is 25.2 Å². The van der Waals surface area contributed by atoms with Gasteiger partial charge in [0.2, 0.25) is 0 Å². The molecule has 0 spiro atoms. The first-order valence-corrected chi connectivity index (χ1v) is 7.38. The molecule has 0 aliphatic carbocycles. The summed E-state index contributed by atoms with van der Waals surface area (Å²) in [5, 5.41) is 0.464. The van der Waals surface area contributed by atoms with Crippen LogP contribution in [0.15, 0.2) is 47.7 Å². The number of aromatic nitrogens is 4. The van der Waals surface area contributed by atoms with Crippen molar-refractivity contribution in [2.24, 2.45) is 5.92 Å². The van der Waals surface area contributed by atoms with Crippen molar-refractivity contribution >= 4 is 11.0 Å². The zero-order valence-corrected chi connectivity index (χ0v) is 12.7. The van der Waals surface area contributed by atoms with Crippen LogP contribution in [-0.4, -0.2) is 19.5 Å². The number of hydrogen-bond donors (Lipinski definition) is 0. The Kier molecular flexibility index (Phi) is 3.96. The summed E-state index contributed by atoms with van der Waals surface area (Å²) in [6, 6.07) is 9.93. The van der Waals surface area contributed by atoms with E-state index in [1.54, 1.807) is 4.57 Å². The molecule has 0 radical (unpaired) electrons. The predicted molar refractivity (Wildman–Crippen MR) is 85.7 cm³/mol. The smallest absolute Gasteiger partial charge is 0.264 e. The molecule has 0 amide bonds. The molecule has 0 aliphatic rings. The minimum absolute atomic E-state index is 0.0786. The van der Waals surface area contributed by atoms with E-state index in [0.29, 0.717) is 23.5 Å². The first kappa shape index (κ1) is 14.4. The van der Waals surface area contributed by atoms with Gasteiger partial charge in [-0.2, -0.15) is 0 Å². The Morgan fingerprint density at radius 2 is 1.95 bits per heavy atom. The minimum Gasteiger partial charge on any atom is -0.291 e. The number of benzene rings is 1. The molecule has 5 heteroatoms. The van der Waals surface area contributed by atoms with E-state index in [1.165, 1.54) is 12.5 Å². The maximum Gasteiger partial charge on any atom is 0.264 e. The molecule has 0 saturated carbocycles. The fourth-order valence-corrected chi connectivity index (χ4v) is 2.46. The lowest BCUT2D eigenvalue weighted by molar-refractivity contribution is 0.573. The number of nitrogens with zero attached hydrogens (tertiary/aromatic N) is 4. The third-order valence-electron chi connectivity index (χ3n) is 3.49. The van der Waals surface area contributed by atoms with E-state index in [9.17, 15) is 4.79 Å². The summed E-state index contributed by atoms with van der Waals surface area (Å²) < 4.78 is 1.74. The van der Waals surface area contributed by atoms with E-state index < -0.39 is 0 Å². The van der Waals surface area contributed by atoms with Gasteiger partial charge in [-0.3, -0.25) is 9.36 Å². The van der Waals surface area contributed by atoms with E-state index >= 15 is 0 Å². The summed E-state index contributed by atoms with van der Waals surface area (Å²) in [4.78, 5) is 25.4. The van der Waals surface area contributed by atoms with Crippen molar-refractivity contribution in [1.82, 2.24) is 19.5 Å². The molecule has 0 aliphatic heterocycles. The zero-order chi connectivity index (χ0) is 15.5. The first-order valence-electron chi connectivity index (χ1n) is 7.38. The van der Waals surface area contributed by atoms with Gasteiger partial charge >= 0.3 is 0 Å². The lowest BCUT2D eigenvalue weighted by atomic mass is 10.1. The Balaban J connectivity index is 2.16. The molecule has 5 nitrogen and oxygen atoms in total. The molecule has 3 rings (SSSR count). The monoisotopic (exact) mass is 294 g/mol. The molecule has 3 aromatic rings. The summed E-state index contributed by atoms with van der Waals surface area (Å²) in [5.41, 5.74) is 1.47. The van der Waals surface area contributed by atoms with Crippen molar-refractivity contribution in [3.8, 4) is 0 Å². The highest BCUT2D eigenvalue weighted by molar-refractivity contribution is 5.71. The van der Waals surface area contributed by atoms with Crippen LogP contribution in [0.25, 0.3) is 11.0 Å². The number of fused-ring (bicyclic) bond motifs is 1. The zero-order valence-electron chi connectivity index (χ0n) is 12.7. The molecule has 0 saturated heterocycles. The van der Waals surface area contributed by atoms with Gasteiger partial charge in [0.05, 0.1) is 6.54 Å². The lowest BCUT2D eigenvalue weighted by Crippen LogP contribution is -2.27. The van der Waals surface area contributed by atoms with Crippen LogP contribution in [-0.2, 0) is 13.0 Å². The Bertz CT molecular complexity index is 840. The molecule has 0 N–H and O–H groups in total. The van der Waals surface area contributed by atoms with Gasteiger partial charge in [-0.05, 0) is 11.5 Å². The van der Waals surface area contributed by atoms with Crippen LogP contribution >= 0.6 is 0 Å². The Labute approximate surface area is 128 Å².